The smallest absolute Gasteiger partial charge is 0.350 e. The maximum Gasteiger partial charge on any atom is 0.350 e. The number of Topliss-reactive ketones (excluding diaryl/α,β-unsaturated/α-hetero) is 1. The van der Waals surface area contributed by atoms with E-state index in [1.54, 1.807) is 19.1 Å². The van der Waals surface area contributed by atoms with Crippen molar-refractivity contribution in [1.82, 2.24) is 4.98 Å². The van der Waals surface area contributed by atoms with Crippen LogP contribution in [0.2, 0.25) is 0 Å². The SMILES string of the molecule is COC(=O)c1sc(NC(=O)CCC(=O)c2cc(C)ccc2OC)nc1C. The molecule has 0 saturated carbocycles. The summed E-state index contributed by atoms with van der Waals surface area (Å²) in [7, 11) is 2.78. The number of carbonyl (C=O) groups excluding carboxylic acids is 3. The van der Waals surface area contributed by atoms with Crippen LogP contribution in [0, 0.1) is 13.8 Å². The molecule has 0 spiro atoms. The van der Waals surface area contributed by atoms with Gasteiger partial charge in [0.1, 0.15) is 10.6 Å². The lowest BCUT2D eigenvalue weighted by atomic mass is 10.0. The lowest BCUT2D eigenvalue weighted by molar-refractivity contribution is -0.116. The molecule has 1 amide bonds. The minimum atomic E-state index is -0.498. The number of anilines is 1. The van der Waals surface area contributed by atoms with Gasteiger partial charge in [0.2, 0.25) is 5.91 Å². The van der Waals surface area contributed by atoms with E-state index in [1.807, 2.05) is 13.0 Å². The topological polar surface area (TPSA) is 94.6 Å². The first-order valence-corrected chi connectivity index (χ1v) is 8.70. The van der Waals surface area contributed by atoms with Crippen molar-refractivity contribution in [2.75, 3.05) is 19.5 Å². The summed E-state index contributed by atoms with van der Waals surface area (Å²) < 4.78 is 9.86. The van der Waals surface area contributed by atoms with Crippen LogP contribution in [0.3, 0.4) is 0 Å². The standard InChI is InChI=1S/C18H20N2O5S/c1-10-5-7-14(24-3)12(9-10)13(21)6-8-15(22)20-18-19-11(2)16(26-18)17(23)25-4/h5,7,9H,6,8H2,1-4H3,(H,19,20,22). The number of nitrogens with one attached hydrogen (secondary N) is 1. The number of thiazole rings is 1. The number of rotatable bonds is 7. The van der Waals surface area contributed by atoms with Gasteiger partial charge in [-0.05, 0) is 26.0 Å². The monoisotopic (exact) mass is 376 g/mol. The average Bonchev–Trinajstić information content (AvgIpc) is 2.99. The molecule has 0 atom stereocenters. The van der Waals surface area contributed by atoms with Gasteiger partial charge in [0.15, 0.2) is 10.9 Å². The van der Waals surface area contributed by atoms with Crippen molar-refractivity contribution < 1.29 is 23.9 Å². The van der Waals surface area contributed by atoms with Crippen molar-refractivity contribution in [1.29, 1.82) is 0 Å². The van der Waals surface area contributed by atoms with Crippen LogP contribution in [-0.4, -0.2) is 36.9 Å². The highest BCUT2D eigenvalue weighted by Gasteiger charge is 2.18. The number of aryl methyl sites for hydroxylation is 2. The van der Waals surface area contributed by atoms with Gasteiger partial charge in [-0.2, -0.15) is 0 Å². The number of hydrogen-bond donors (Lipinski definition) is 1. The fraction of sp³-hybridized carbons (Fsp3) is 0.333. The summed E-state index contributed by atoms with van der Waals surface area (Å²) in [6, 6.07) is 5.33. The minimum Gasteiger partial charge on any atom is -0.496 e. The Morgan fingerprint density at radius 1 is 1.15 bits per heavy atom. The fourth-order valence-electron chi connectivity index (χ4n) is 2.32. The van der Waals surface area contributed by atoms with Crippen LogP contribution in [0.5, 0.6) is 5.75 Å². The Bertz CT molecular complexity index is 844. The molecule has 0 bridgehead atoms. The number of nitrogens with zero attached hydrogens (tertiary/aromatic N) is 1. The van der Waals surface area contributed by atoms with E-state index in [0.29, 0.717) is 27.0 Å². The third kappa shape index (κ3) is 4.66. The van der Waals surface area contributed by atoms with Gasteiger partial charge in [0.05, 0.1) is 25.5 Å². The van der Waals surface area contributed by atoms with Crippen LogP contribution in [0.25, 0.3) is 0 Å². The summed E-state index contributed by atoms with van der Waals surface area (Å²) in [5.41, 5.74) is 1.88. The molecule has 0 aliphatic rings. The Morgan fingerprint density at radius 2 is 1.88 bits per heavy atom. The lowest BCUT2D eigenvalue weighted by Crippen LogP contribution is -2.13. The van der Waals surface area contributed by atoms with E-state index in [1.165, 1.54) is 14.2 Å². The zero-order valence-electron chi connectivity index (χ0n) is 15.0. The summed E-state index contributed by atoms with van der Waals surface area (Å²) in [5, 5.41) is 2.91. The molecular formula is C18H20N2O5S. The first kappa shape index (κ1) is 19.6. The van der Waals surface area contributed by atoms with Crippen molar-refractivity contribution in [3.05, 3.63) is 39.9 Å². The maximum atomic E-state index is 12.4. The second-order valence-corrected chi connectivity index (χ2v) is 6.60. The maximum absolute atomic E-state index is 12.4. The molecule has 0 saturated heterocycles. The molecule has 138 valence electrons. The normalized spacial score (nSPS) is 10.3. The average molecular weight is 376 g/mol. The molecule has 0 fully saturated rings. The van der Waals surface area contributed by atoms with Crippen LogP contribution < -0.4 is 10.1 Å². The van der Waals surface area contributed by atoms with Gasteiger partial charge >= 0.3 is 5.97 Å². The van der Waals surface area contributed by atoms with Gasteiger partial charge in [-0.25, -0.2) is 9.78 Å². The Kier molecular flexibility index (Phi) is 6.46. The van der Waals surface area contributed by atoms with Crippen molar-refractivity contribution in [3.8, 4) is 5.75 Å². The molecule has 26 heavy (non-hydrogen) atoms. The van der Waals surface area contributed by atoms with Gasteiger partial charge in [-0.15, -0.1) is 0 Å². The summed E-state index contributed by atoms with van der Waals surface area (Å²) in [6.45, 7) is 3.54. The summed E-state index contributed by atoms with van der Waals surface area (Å²) in [5.74, 6) is -0.539. The Morgan fingerprint density at radius 3 is 2.54 bits per heavy atom. The molecule has 7 nitrogen and oxygen atoms in total. The molecule has 1 aromatic heterocycles. The molecule has 1 heterocycles. The molecule has 1 N–H and O–H groups in total. The number of hydrogen-bond acceptors (Lipinski definition) is 7. The number of methoxy groups -OCH3 is 2. The number of carbonyl (C=O) groups is 3. The van der Waals surface area contributed by atoms with Gasteiger partial charge in [-0.3, -0.25) is 9.59 Å². The lowest BCUT2D eigenvalue weighted by Gasteiger charge is -2.08. The molecule has 0 aliphatic carbocycles. The molecule has 8 heteroatoms. The van der Waals surface area contributed by atoms with E-state index < -0.39 is 5.97 Å². The van der Waals surface area contributed by atoms with E-state index >= 15 is 0 Å². The summed E-state index contributed by atoms with van der Waals surface area (Å²) in [4.78, 5) is 40.5. The molecule has 0 radical (unpaired) electrons. The van der Waals surface area contributed by atoms with Gasteiger partial charge < -0.3 is 14.8 Å². The Hall–Kier alpha value is -2.74. The Balaban J connectivity index is 1.98. The van der Waals surface area contributed by atoms with E-state index in [9.17, 15) is 14.4 Å². The van der Waals surface area contributed by atoms with Crippen molar-refractivity contribution in [3.63, 3.8) is 0 Å². The van der Waals surface area contributed by atoms with Crippen molar-refractivity contribution in [2.24, 2.45) is 0 Å². The first-order chi connectivity index (χ1) is 12.3. The van der Waals surface area contributed by atoms with E-state index in [4.69, 9.17) is 4.74 Å². The highest BCUT2D eigenvalue weighted by molar-refractivity contribution is 7.17. The first-order valence-electron chi connectivity index (χ1n) is 7.89. The second kappa shape index (κ2) is 8.57. The van der Waals surface area contributed by atoms with Gasteiger partial charge in [0, 0.05) is 12.8 Å². The number of aromatic nitrogens is 1. The van der Waals surface area contributed by atoms with Crippen LogP contribution in [0.1, 0.15) is 44.1 Å². The highest BCUT2D eigenvalue weighted by Crippen LogP contribution is 2.24. The molecule has 0 aliphatic heterocycles. The number of esters is 1. The summed E-state index contributed by atoms with van der Waals surface area (Å²) in [6.07, 6.45) is 0.0436. The number of benzene rings is 1. The number of ketones is 1. The van der Waals surface area contributed by atoms with Crippen molar-refractivity contribution in [2.45, 2.75) is 26.7 Å². The van der Waals surface area contributed by atoms with Gasteiger partial charge in [-0.1, -0.05) is 23.0 Å². The molecule has 2 rings (SSSR count). The van der Waals surface area contributed by atoms with E-state index in [2.05, 4.69) is 15.0 Å². The van der Waals surface area contributed by atoms with E-state index in [-0.39, 0.29) is 24.5 Å². The van der Waals surface area contributed by atoms with Crippen LogP contribution in [0.15, 0.2) is 18.2 Å². The molecule has 1 aromatic carbocycles. The highest BCUT2D eigenvalue weighted by atomic mass is 32.1. The minimum absolute atomic E-state index is 0.00210. The van der Waals surface area contributed by atoms with Crippen molar-refractivity contribution >= 4 is 34.1 Å². The number of amides is 1. The zero-order chi connectivity index (χ0) is 19.3. The second-order valence-electron chi connectivity index (χ2n) is 5.60. The molecular weight excluding hydrogens is 356 g/mol. The molecule has 0 unspecified atom stereocenters. The zero-order valence-corrected chi connectivity index (χ0v) is 15.9. The largest absolute Gasteiger partial charge is 0.496 e. The third-order valence-electron chi connectivity index (χ3n) is 3.65. The summed E-state index contributed by atoms with van der Waals surface area (Å²) >= 11 is 1.04. The quantitative estimate of drug-likeness (QED) is 0.589. The predicted octanol–water partition coefficient (Wildman–Crippen LogP) is 3.16. The number of ether oxygens (including phenoxy) is 2. The van der Waals surface area contributed by atoms with Crippen LogP contribution >= 0.6 is 11.3 Å². The van der Waals surface area contributed by atoms with E-state index in [0.717, 1.165) is 16.9 Å². The molecule has 2 aromatic rings. The van der Waals surface area contributed by atoms with Crippen LogP contribution in [-0.2, 0) is 9.53 Å². The Labute approximate surface area is 155 Å². The predicted molar refractivity (Wildman–Crippen MR) is 98.1 cm³/mol. The third-order valence-corrected chi connectivity index (χ3v) is 4.70. The van der Waals surface area contributed by atoms with Crippen LogP contribution in [0.4, 0.5) is 5.13 Å². The fourth-order valence-corrected chi connectivity index (χ4v) is 3.22. The van der Waals surface area contributed by atoms with Gasteiger partial charge in [0.25, 0.3) is 0 Å².